The van der Waals surface area contributed by atoms with Crippen molar-refractivity contribution in [2.75, 3.05) is 24.2 Å². The first-order chi connectivity index (χ1) is 8.16. The van der Waals surface area contributed by atoms with Crippen molar-refractivity contribution in [2.24, 2.45) is 0 Å². The normalized spacial score (nSPS) is 19.2. The van der Waals surface area contributed by atoms with E-state index in [2.05, 4.69) is 5.32 Å². The number of benzene rings is 1. The van der Waals surface area contributed by atoms with Gasteiger partial charge in [-0.1, -0.05) is 0 Å². The van der Waals surface area contributed by atoms with Gasteiger partial charge in [-0.15, -0.1) is 0 Å². The number of carbonyl (C=O) groups excluding carboxylic acids is 1. The molecule has 0 saturated carbocycles. The van der Waals surface area contributed by atoms with E-state index in [1.807, 2.05) is 0 Å². The molecule has 3 N–H and O–H groups in total. The number of anilines is 2. The SMILES string of the molecule is Nc1ccc(NC[C@H]2CCCO2)c(C(=O)[O-])c1. The smallest absolute Gasteiger partial charge is 0.0748 e. The van der Waals surface area contributed by atoms with Crippen molar-refractivity contribution in [3.05, 3.63) is 23.8 Å². The molecule has 0 aromatic heterocycles. The molecule has 1 heterocycles. The van der Waals surface area contributed by atoms with Crippen molar-refractivity contribution in [3.63, 3.8) is 0 Å². The van der Waals surface area contributed by atoms with Gasteiger partial charge < -0.3 is 25.7 Å². The van der Waals surface area contributed by atoms with Crippen LogP contribution in [0.1, 0.15) is 23.2 Å². The summed E-state index contributed by atoms with van der Waals surface area (Å²) in [6, 6.07) is 4.70. The van der Waals surface area contributed by atoms with Gasteiger partial charge in [0.05, 0.1) is 12.1 Å². The quantitative estimate of drug-likeness (QED) is 0.729. The van der Waals surface area contributed by atoms with E-state index in [4.69, 9.17) is 10.5 Å². The molecule has 17 heavy (non-hydrogen) atoms. The Bertz CT molecular complexity index is 414. The van der Waals surface area contributed by atoms with Crippen molar-refractivity contribution in [3.8, 4) is 0 Å². The number of hydrogen-bond donors (Lipinski definition) is 2. The molecule has 5 nitrogen and oxygen atoms in total. The molecule has 0 radical (unpaired) electrons. The highest BCUT2D eigenvalue weighted by Gasteiger charge is 2.15. The lowest BCUT2D eigenvalue weighted by Gasteiger charge is -2.16. The number of carbonyl (C=O) groups is 1. The lowest BCUT2D eigenvalue weighted by Crippen LogP contribution is -2.25. The number of rotatable bonds is 4. The van der Waals surface area contributed by atoms with Gasteiger partial charge in [0.2, 0.25) is 0 Å². The maximum Gasteiger partial charge on any atom is 0.0748 e. The van der Waals surface area contributed by atoms with E-state index < -0.39 is 5.97 Å². The minimum Gasteiger partial charge on any atom is -0.545 e. The molecule has 1 fully saturated rings. The first-order valence-electron chi connectivity index (χ1n) is 5.63. The highest BCUT2D eigenvalue weighted by atomic mass is 16.5. The van der Waals surface area contributed by atoms with E-state index >= 15 is 0 Å². The third-order valence-electron chi connectivity index (χ3n) is 2.81. The molecule has 0 amide bonds. The molecule has 1 aromatic carbocycles. The number of ether oxygens (including phenoxy) is 1. The van der Waals surface area contributed by atoms with Gasteiger partial charge in [0.15, 0.2) is 0 Å². The Morgan fingerprint density at radius 3 is 3.06 bits per heavy atom. The second-order valence-electron chi connectivity index (χ2n) is 4.11. The average Bonchev–Trinajstić information content (AvgIpc) is 2.80. The van der Waals surface area contributed by atoms with Crippen LogP contribution in [0, 0.1) is 0 Å². The van der Waals surface area contributed by atoms with Crippen LogP contribution in [0.4, 0.5) is 11.4 Å². The zero-order valence-corrected chi connectivity index (χ0v) is 9.44. The fourth-order valence-electron chi connectivity index (χ4n) is 1.91. The van der Waals surface area contributed by atoms with Crippen LogP contribution >= 0.6 is 0 Å². The molecule has 1 aliphatic heterocycles. The predicted octanol–water partition coefficient (Wildman–Crippen LogP) is 0.223. The van der Waals surface area contributed by atoms with Crippen molar-refractivity contribution >= 4 is 17.3 Å². The summed E-state index contributed by atoms with van der Waals surface area (Å²) in [5.74, 6) is -1.23. The predicted molar refractivity (Wildman–Crippen MR) is 62.6 cm³/mol. The van der Waals surface area contributed by atoms with Crippen LogP contribution in [0.25, 0.3) is 0 Å². The Kier molecular flexibility index (Phi) is 3.49. The number of nitrogens with two attached hydrogens (primary N) is 1. The number of nitrogens with one attached hydrogen (secondary N) is 1. The summed E-state index contributed by atoms with van der Waals surface area (Å²) in [7, 11) is 0. The van der Waals surface area contributed by atoms with E-state index in [0.29, 0.717) is 17.9 Å². The lowest BCUT2D eigenvalue weighted by molar-refractivity contribution is -0.254. The number of aromatic carboxylic acids is 1. The van der Waals surface area contributed by atoms with Crippen molar-refractivity contribution in [1.29, 1.82) is 0 Å². The molecule has 5 heteroatoms. The number of carboxylic acid groups (broad SMARTS) is 1. The fraction of sp³-hybridized carbons (Fsp3) is 0.417. The molecule has 0 bridgehead atoms. The summed E-state index contributed by atoms with van der Waals surface area (Å²) in [5.41, 5.74) is 6.56. The van der Waals surface area contributed by atoms with Gasteiger partial charge in [-0.3, -0.25) is 0 Å². The molecule has 1 aromatic rings. The third kappa shape index (κ3) is 2.88. The van der Waals surface area contributed by atoms with Gasteiger partial charge in [-0.25, -0.2) is 0 Å². The van der Waals surface area contributed by atoms with Crippen LogP contribution in [0.5, 0.6) is 0 Å². The largest absolute Gasteiger partial charge is 0.545 e. The van der Waals surface area contributed by atoms with Crippen LogP contribution in [0.3, 0.4) is 0 Å². The number of hydrogen-bond acceptors (Lipinski definition) is 5. The Morgan fingerprint density at radius 2 is 2.41 bits per heavy atom. The molecule has 92 valence electrons. The second-order valence-corrected chi connectivity index (χ2v) is 4.11. The molecule has 2 rings (SSSR count). The summed E-state index contributed by atoms with van der Waals surface area (Å²) in [5, 5.41) is 14.0. The average molecular weight is 235 g/mol. The summed E-state index contributed by atoms with van der Waals surface area (Å²) in [6.07, 6.45) is 2.21. The van der Waals surface area contributed by atoms with Crippen LogP contribution in [-0.2, 0) is 4.74 Å². The van der Waals surface area contributed by atoms with E-state index in [9.17, 15) is 9.90 Å². The lowest BCUT2D eigenvalue weighted by atomic mass is 10.1. The summed E-state index contributed by atoms with van der Waals surface area (Å²) >= 11 is 0. The first kappa shape index (κ1) is 11.7. The summed E-state index contributed by atoms with van der Waals surface area (Å²) < 4.78 is 5.45. The Morgan fingerprint density at radius 1 is 1.59 bits per heavy atom. The van der Waals surface area contributed by atoms with E-state index in [-0.39, 0.29) is 11.7 Å². The maximum absolute atomic E-state index is 10.9. The van der Waals surface area contributed by atoms with E-state index in [1.54, 1.807) is 12.1 Å². The zero-order chi connectivity index (χ0) is 12.3. The minimum absolute atomic E-state index is 0.0861. The van der Waals surface area contributed by atoms with E-state index in [1.165, 1.54) is 6.07 Å². The summed E-state index contributed by atoms with van der Waals surface area (Å²) in [4.78, 5) is 10.9. The first-order valence-corrected chi connectivity index (χ1v) is 5.63. The number of carboxylic acids is 1. The van der Waals surface area contributed by atoms with Gasteiger partial charge in [0.25, 0.3) is 0 Å². The molecule has 0 aliphatic carbocycles. The van der Waals surface area contributed by atoms with Crippen molar-refractivity contribution in [2.45, 2.75) is 18.9 Å². The van der Waals surface area contributed by atoms with Crippen LogP contribution in [-0.4, -0.2) is 25.2 Å². The van der Waals surface area contributed by atoms with E-state index in [0.717, 1.165) is 19.4 Å². The number of nitrogen functional groups attached to an aromatic ring is 1. The Labute approximate surface area is 99.6 Å². The van der Waals surface area contributed by atoms with Crippen molar-refractivity contribution < 1.29 is 14.6 Å². The zero-order valence-electron chi connectivity index (χ0n) is 9.44. The molecular formula is C12H15N2O3-. The monoisotopic (exact) mass is 235 g/mol. The standard InChI is InChI=1S/C12H16N2O3/c13-8-3-4-11(10(6-8)12(15)16)14-7-9-2-1-5-17-9/h3-4,6,9,14H,1-2,5,7,13H2,(H,15,16)/p-1/t9-/m1/s1. The molecular weight excluding hydrogens is 220 g/mol. The third-order valence-corrected chi connectivity index (χ3v) is 2.81. The Hall–Kier alpha value is -1.75. The second kappa shape index (κ2) is 5.05. The van der Waals surface area contributed by atoms with Crippen molar-refractivity contribution in [1.82, 2.24) is 0 Å². The maximum atomic E-state index is 10.9. The molecule has 0 spiro atoms. The van der Waals surface area contributed by atoms with Gasteiger partial charge >= 0.3 is 0 Å². The molecule has 1 aliphatic rings. The van der Waals surface area contributed by atoms with Gasteiger partial charge in [0.1, 0.15) is 0 Å². The highest BCUT2D eigenvalue weighted by molar-refractivity contribution is 5.93. The molecule has 0 unspecified atom stereocenters. The highest BCUT2D eigenvalue weighted by Crippen LogP contribution is 2.19. The van der Waals surface area contributed by atoms with Gasteiger partial charge in [-0.2, -0.15) is 0 Å². The Balaban J connectivity index is 2.06. The topological polar surface area (TPSA) is 87.4 Å². The fourth-order valence-corrected chi connectivity index (χ4v) is 1.91. The van der Waals surface area contributed by atoms with Crippen LogP contribution in [0.15, 0.2) is 18.2 Å². The van der Waals surface area contributed by atoms with Gasteiger partial charge in [0, 0.05) is 30.1 Å². The van der Waals surface area contributed by atoms with Crippen LogP contribution < -0.4 is 16.2 Å². The molecule has 1 atom stereocenters. The summed E-state index contributed by atoms with van der Waals surface area (Å²) in [6.45, 7) is 1.38. The minimum atomic E-state index is -1.23. The van der Waals surface area contributed by atoms with Gasteiger partial charge in [-0.05, 0) is 31.0 Å². The van der Waals surface area contributed by atoms with Crippen LogP contribution in [0.2, 0.25) is 0 Å². The molecule has 1 saturated heterocycles.